The molecule has 1 amide bonds. The molecule has 0 saturated heterocycles. The van der Waals surface area contributed by atoms with E-state index < -0.39 is 0 Å². The molecule has 0 unspecified atom stereocenters. The summed E-state index contributed by atoms with van der Waals surface area (Å²) in [7, 11) is 0. The highest BCUT2D eigenvalue weighted by Gasteiger charge is 2.31. The lowest BCUT2D eigenvalue weighted by Crippen LogP contribution is -2.15. The van der Waals surface area contributed by atoms with Crippen molar-refractivity contribution in [1.29, 1.82) is 0 Å². The Hall–Kier alpha value is -1.95. The molecule has 3 aliphatic carbocycles. The first-order valence-electron chi connectivity index (χ1n) is 10.3. The van der Waals surface area contributed by atoms with Crippen LogP contribution in [0.2, 0.25) is 0 Å². The summed E-state index contributed by atoms with van der Waals surface area (Å²) in [5.41, 5.74) is 3.22. The number of fused-ring (bicyclic) bond motifs is 1. The molecule has 1 N–H and O–H groups in total. The maximum atomic E-state index is 12.8. The fraction of sp³-hybridized carbons (Fsp3) is 0.571. The number of anilines is 1. The quantitative estimate of drug-likeness (QED) is 0.719. The van der Waals surface area contributed by atoms with Crippen LogP contribution in [0.4, 0.5) is 5.00 Å². The Morgan fingerprint density at radius 3 is 2.78 bits per heavy atom. The topological polar surface area (TPSA) is 68.0 Å². The number of aromatic nitrogens is 2. The summed E-state index contributed by atoms with van der Waals surface area (Å²) in [6.07, 6.45) is 14.3. The average molecular weight is 384 g/mol. The van der Waals surface area contributed by atoms with Crippen molar-refractivity contribution in [2.75, 3.05) is 5.32 Å². The Balaban J connectivity index is 1.51. The minimum Gasteiger partial charge on any atom is -0.334 e. The first-order chi connectivity index (χ1) is 13.3. The molecule has 5 rings (SSSR count). The van der Waals surface area contributed by atoms with Crippen molar-refractivity contribution >= 4 is 22.2 Å². The molecule has 2 aromatic heterocycles. The number of hydrogen-bond acceptors (Lipinski definition) is 5. The first-order valence-corrected chi connectivity index (χ1v) is 11.1. The van der Waals surface area contributed by atoms with Crippen LogP contribution >= 0.6 is 11.3 Å². The Morgan fingerprint density at radius 2 is 1.96 bits per heavy atom. The van der Waals surface area contributed by atoms with Crippen LogP contribution in [0.5, 0.6) is 0 Å². The number of nitrogens with zero attached hydrogens (tertiary/aromatic N) is 2. The Morgan fingerprint density at radius 1 is 1.11 bits per heavy atom. The van der Waals surface area contributed by atoms with Crippen molar-refractivity contribution in [2.45, 2.75) is 76.5 Å². The van der Waals surface area contributed by atoms with Gasteiger partial charge in [0.2, 0.25) is 0 Å². The molecule has 0 aromatic carbocycles. The molecule has 0 aliphatic heterocycles. The second-order valence-electron chi connectivity index (χ2n) is 7.93. The predicted molar refractivity (Wildman–Crippen MR) is 106 cm³/mol. The van der Waals surface area contributed by atoms with Crippen LogP contribution in [0, 0.1) is 0 Å². The van der Waals surface area contributed by atoms with Gasteiger partial charge in [-0.15, -0.1) is 11.3 Å². The number of carbonyl (C=O) groups is 1. The van der Waals surface area contributed by atoms with Gasteiger partial charge in [-0.2, -0.15) is 4.98 Å². The zero-order valence-electron chi connectivity index (χ0n) is 15.6. The molecule has 2 aromatic rings. The largest absolute Gasteiger partial charge is 0.334 e. The van der Waals surface area contributed by atoms with Gasteiger partial charge in [-0.3, -0.25) is 4.79 Å². The third kappa shape index (κ3) is 3.47. The molecule has 0 bridgehead atoms. The molecule has 0 radical (unpaired) electrons. The number of nitrogens with one attached hydrogen (secondary N) is 1. The molecule has 2 heterocycles. The monoisotopic (exact) mass is 383 g/mol. The molecule has 3 aliphatic rings. The van der Waals surface area contributed by atoms with Gasteiger partial charge in [-0.25, -0.2) is 0 Å². The summed E-state index contributed by atoms with van der Waals surface area (Å²) in [5, 5.41) is 8.30. The number of hydrogen-bond donors (Lipinski definition) is 1. The summed E-state index contributed by atoms with van der Waals surface area (Å²) in [4.78, 5) is 18.9. The number of allylic oxidation sites excluding steroid dienone is 1. The summed E-state index contributed by atoms with van der Waals surface area (Å²) < 4.78 is 5.66. The summed E-state index contributed by atoms with van der Waals surface area (Å²) in [6.45, 7) is 0. The van der Waals surface area contributed by atoms with Gasteiger partial charge in [0, 0.05) is 16.4 Å². The van der Waals surface area contributed by atoms with Gasteiger partial charge in [0.25, 0.3) is 11.8 Å². The van der Waals surface area contributed by atoms with E-state index in [-0.39, 0.29) is 5.91 Å². The standard InChI is InChI=1S/C21H25N3O2S/c25-19(14-7-3-1-4-8-14)23-21-17(15-9-5-2-6-10-16(15)27-21)20-22-18(24-26-20)13-11-12-13/h7,13H,1-6,8-12H2,(H,23,25). The maximum Gasteiger partial charge on any atom is 0.261 e. The summed E-state index contributed by atoms with van der Waals surface area (Å²) in [5.74, 6) is 1.91. The van der Waals surface area contributed by atoms with Crippen LogP contribution in [-0.2, 0) is 17.6 Å². The van der Waals surface area contributed by atoms with E-state index >= 15 is 0 Å². The van der Waals surface area contributed by atoms with E-state index in [0.29, 0.717) is 11.8 Å². The molecule has 6 heteroatoms. The minimum absolute atomic E-state index is 0.0364. The highest BCUT2D eigenvalue weighted by Crippen LogP contribution is 2.45. The third-order valence-corrected chi connectivity index (χ3v) is 7.04. The van der Waals surface area contributed by atoms with Crippen molar-refractivity contribution in [3.63, 3.8) is 0 Å². The molecular formula is C21H25N3O2S. The SMILES string of the molecule is O=C(Nc1sc2c(c1-c1nc(C3CC3)no1)CCCCC2)C1=CCCCC1. The lowest BCUT2D eigenvalue weighted by atomic mass is 9.99. The van der Waals surface area contributed by atoms with E-state index in [1.807, 2.05) is 0 Å². The van der Waals surface area contributed by atoms with Crippen LogP contribution < -0.4 is 5.32 Å². The molecule has 0 atom stereocenters. The van der Waals surface area contributed by atoms with Gasteiger partial charge in [0.05, 0.1) is 5.56 Å². The van der Waals surface area contributed by atoms with Crippen molar-refractivity contribution in [3.8, 4) is 11.5 Å². The maximum absolute atomic E-state index is 12.8. The fourth-order valence-corrected chi connectivity index (χ4v) is 5.40. The van der Waals surface area contributed by atoms with Gasteiger partial charge in [-0.1, -0.05) is 17.7 Å². The fourth-order valence-electron chi connectivity index (χ4n) is 4.13. The normalized spacial score (nSPS) is 19.9. The van der Waals surface area contributed by atoms with E-state index in [0.717, 1.165) is 66.9 Å². The van der Waals surface area contributed by atoms with E-state index in [2.05, 4.69) is 16.5 Å². The first kappa shape index (κ1) is 17.2. The molecule has 1 fully saturated rings. The predicted octanol–water partition coefficient (Wildman–Crippen LogP) is 5.38. The second kappa shape index (κ2) is 7.23. The zero-order valence-corrected chi connectivity index (χ0v) is 16.4. The van der Waals surface area contributed by atoms with Gasteiger partial charge in [0.15, 0.2) is 5.82 Å². The van der Waals surface area contributed by atoms with E-state index in [9.17, 15) is 4.79 Å². The van der Waals surface area contributed by atoms with Crippen molar-refractivity contribution in [3.05, 3.63) is 27.9 Å². The molecule has 142 valence electrons. The van der Waals surface area contributed by atoms with Crippen LogP contribution in [-0.4, -0.2) is 16.0 Å². The number of amides is 1. The van der Waals surface area contributed by atoms with Crippen LogP contribution in [0.1, 0.15) is 80.0 Å². The lowest BCUT2D eigenvalue weighted by Gasteiger charge is -2.12. The van der Waals surface area contributed by atoms with Crippen LogP contribution in [0.25, 0.3) is 11.5 Å². The van der Waals surface area contributed by atoms with Gasteiger partial charge in [-0.05, 0) is 69.8 Å². The lowest BCUT2D eigenvalue weighted by molar-refractivity contribution is -0.113. The number of carbonyl (C=O) groups excluding carboxylic acids is 1. The summed E-state index contributed by atoms with van der Waals surface area (Å²) >= 11 is 1.71. The van der Waals surface area contributed by atoms with E-state index in [1.54, 1.807) is 11.3 Å². The van der Waals surface area contributed by atoms with Gasteiger partial charge >= 0.3 is 0 Å². The van der Waals surface area contributed by atoms with E-state index in [1.165, 1.54) is 36.1 Å². The van der Waals surface area contributed by atoms with Crippen LogP contribution in [0.3, 0.4) is 0 Å². The summed E-state index contributed by atoms with van der Waals surface area (Å²) in [6, 6.07) is 0. The Kier molecular flexibility index (Phi) is 4.60. The number of aryl methyl sites for hydroxylation is 1. The average Bonchev–Trinajstić information content (AvgIpc) is 3.40. The Labute approximate surface area is 163 Å². The Bertz CT molecular complexity index is 891. The van der Waals surface area contributed by atoms with Gasteiger partial charge < -0.3 is 9.84 Å². The van der Waals surface area contributed by atoms with E-state index in [4.69, 9.17) is 9.51 Å². The highest BCUT2D eigenvalue weighted by molar-refractivity contribution is 7.17. The number of rotatable bonds is 4. The molecular weight excluding hydrogens is 358 g/mol. The van der Waals surface area contributed by atoms with Gasteiger partial charge in [0.1, 0.15) is 5.00 Å². The van der Waals surface area contributed by atoms with Crippen LogP contribution in [0.15, 0.2) is 16.2 Å². The minimum atomic E-state index is 0.0364. The molecule has 0 spiro atoms. The van der Waals surface area contributed by atoms with Crippen molar-refractivity contribution in [2.24, 2.45) is 0 Å². The number of thiophene rings is 1. The molecule has 1 saturated carbocycles. The zero-order chi connectivity index (χ0) is 18.2. The molecule has 5 nitrogen and oxygen atoms in total. The molecule has 27 heavy (non-hydrogen) atoms. The smallest absolute Gasteiger partial charge is 0.261 e. The highest BCUT2D eigenvalue weighted by atomic mass is 32.1. The van der Waals surface area contributed by atoms with Crippen molar-refractivity contribution in [1.82, 2.24) is 10.1 Å². The third-order valence-electron chi connectivity index (χ3n) is 5.83. The second-order valence-corrected chi connectivity index (χ2v) is 9.04. The van der Waals surface area contributed by atoms with Crippen molar-refractivity contribution < 1.29 is 9.32 Å².